The Labute approximate surface area is 136 Å². The first-order chi connectivity index (χ1) is 9.10. The molecule has 0 aliphatic heterocycles. The van der Waals surface area contributed by atoms with Gasteiger partial charge in [0.2, 0.25) is 15.9 Å². The fraction of sp³-hybridized carbons (Fsp3) is 0.583. The van der Waals surface area contributed by atoms with Gasteiger partial charge in [-0.05, 0) is 32.4 Å². The molecule has 6 nitrogen and oxygen atoms in total. The van der Waals surface area contributed by atoms with E-state index in [1.807, 2.05) is 0 Å². The van der Waals surface area contributed by atoms with E-state index in [4.69, 9.17) is 5.73 Å². The van der Waals surface area contributed by atoms with Gasteiger partial charge in [-0.1, -0.05) is 0 Å². The number of hydrogen-bond donors (Lipinski definition) is 3. The summed E-state index contributed by atoms with van der Waals surface area (Å²) in [7, 11) is -3.51. The van der Waals surface area contributed by atoms with Crippen molar-refractivity contribution in [2.45, 2.75) is 36.9 Å². The summed E-state index contributed by atoms with van der Waals surface area (Å²) in [5, 5.41) is 2.67. The fourth-order valence-electron chi connectivity index (χ4n) is 1.35. The highest BCUT2D eigenvalue weighted by Crippen LogP contribution is 2.21. The van der Waals surface area contributed by atoms with E-state index >= 15 is 0 Å². The van der Waals surface area contributed by atoms with Crippen LogP contribution < -0.4 is 15.8 Å². The minimum absolute atomic E-state index is 0. The van der Waals surface area contributed by atoms with E-state index < -0.39 is 15.6 Å². The van der Waals surface area contributed by atoms with Gasteiger partial charge in [0.25, 0.3) is 0 Å². The van der Waals surface area contributed by atoms with E-state index in [0.29, 0.717) is 13.0 Å². The van der Waals surface area contributed by atoms with Crippen LogP contribution in [0.5, 0.6) is 0 Å². The van der Waals surface area contributed by atoms with Crippen LogP contribution in [0, 0.1) is 0 Å². The van der Waals surface area contributed by atoms with Gasteiger partial charge in [0.15, 0.2) is 0 Å². The Hall–Kier alpha value is -0.670. The molecule has 0 aromatic carbocycles. The smallest absolute Gasteiger partial charge is 0.250 e. The number of rotatable bonds is 7. The summed E-state index contributed by atoms with van der Waals surface area (Å²) in [6.45, 7) is 5.63. The highest BCUT2D eigenvalue weighted by Gasteiger charge is 2.20. The maximum absolute atomic E-state index is 12.0. The minimum atomic E-state index is -3.51. The lowest BCUT2D eigenvalue weighted by atomic mass is 10.1. The molecule has 0 bridgehead atoms. The third kappa shape index (κ3) is 7.77. The van der Waals surface area contributed by atoms with Gasteiger partial charge in [0.1, 0.15) is 4.21 Å². The predicted molar refractivity (Wildman–Crippen MR) is 87.4 cm³/mol. The number of halogens is 1. The van der Waals surface area contributed by atoms with Crippen molar-refractivity contribution >= 4 is 39.7 Å². The molecular weight excluding hydrogens is 334 g/mol. The van der Waals surface area contributed by atoms with Crippen molar-refractivity contribution in [3.8, 4) is 0 Å². The number of carbonyl (C=O) groups is 1. The van der Waals surface area contributed by atoms with Crippen LogP contribution in [0.15, 0.2) is 16.3 Å². The second kappa shape index (κ2) is 8.09. The Kier molecular flexibility index (Phi) is 7.83. The van der Waals surface area contributed by atoms with Gasteiger partial charge < -0.3 is 11.1 Å². The molecule has 1 aromatic rings. The standard InChI is InChI=1S/C12H21N3O3S2.ClH/c1-9(16)14-7-6-10-4-5-11(19-10)20(17,18)15-8-12(2,3)13;/h4-5,15H,6-8,13H2,1-3H3,(H,14,16);1H. The Bertz CT molecular complexity index is 565. The molecule has 122 valence electrons. The molecule has 0 saturated carbocycles. The number of sulfonamides is 1. The molecule has 0 aliphatic carbocycles. The van der Waals surface area contributed by atoms with Gasteiger partial charge in [0, 0.05) is 30.4 Å². The van der Waals surface area contributed by atoms with Crippen molar-refractivity contribution in [2.24, 2.45) is 5.73 Å². The molecule has 0 unspecified atom stereocenters. The van der Waals surface area contributed by atoms with Crippen LogP contribution in [0.25, 0.3) is 0 Å². The van der Waals surface area contributed by atoms with Gasteiger partial charge >= 0.3 is 0 Å². The number of nitrogens with two attached hydrogens (primary N) is 1. The topological polar surface area (TPSA) is 101 Å². The molecule has 0 radical (unpaired) electrons. The average molecular weight is 356 g/mol. The van der Waals surface area contributed by atoms with E-state index in [2.05, 4.69) is 10.0 Å². The molecule has 4 N–H and O–H groups in total. The second-order valence-electron chi connectivity index (χ2n) is 5.27. The Morgan fingerprint density at radius 1 is 1.38 bits per heavy atom. The van der Waals surface area contributed by atoms with Crippen LogP contribution in [0.4, 0.5) is 0 Å². The molecule has 9 heteroatoms. The highest BCUT2D eigenvalue weighted by molar-refractivity contribution is 7.91. The zero-order valence-corrected chi connectivity index (χ0v) is 14.8. The number of thiophene rings is 1. The lowest BCUT2D eigenvalue weighted by molar-refractivity contribution is -0.118. The van der Waals surface area contributed by atoms with Crippen LogP contribution in [-0.2, 0) is 21.2 Å². The third-order valence-corrected chi connectivity index (χ3v) is 5.40. The predicted octanol–water partition coefficient (Wildman–Crippen LogP) is 0.864. The van der Waals surface area contributed by atoms with Crippen LogP contribution in [0.1, 0.15) is 25.6 Å². The van der Waals surface area contributed by atoms with E-state index in [0.717, 1.165) is 4.88 Å². The lowest BCUT2D eigenvalue weighted by Crippen LogP contribution is -2.44. The third-order valence-electron chi connectivity index (χ3n) is 2.37. The van der Waals surface area contributed by atoms with Gasteiger partial charge in [-0.2, -0.15) is 0 Å². The summed E-state index contributed by atoms with van der Waals surface area (Å²) >= 11 is 1.20. The van der Waals surface area contributed by atoms with E-state index in [9.17, 15) is 13.2 Å². The molecule has 0 saturated heterocycles. The molecule has 0 fully saturated rings. The number of hydrogen-bond acceptors (Lipinski definition) is 5. The number of amides is 1. The summed E-state index contributed by atoms with van der Waals surface area (Å²) in [6, 6.07) is 3.33. The lowest BCUT2D eigenvalue weighted by Gasteiger charge is -2.18. The van der Waals surface area contributed by atoms with Crippen molar-refractivity contribution in [2.75, 3.05) is 13.1 Å². The zero-order valence-electron chi connectivity index (χ0n) is 12.3. The van der Waals surface area contributed by atoms with Crippen molar-refractivity contribution in [1.82, 2.24) is 10.0 Å². The first-order valence-electron chi connectivity index (χ1n) is 6.22. The maximum Gasteiger partial charge on any atom is 0.250 e. The normalized spacial score (nSPS) is 11.8. The van der Waals surface area contributed by atoms with E-state index in [1.165, 1.54) is 18.3 Å². The molecule has 1 amide bonds. The van der Waals surface area contributed by atoms with Gasteiger partial charge in [-0.25, -0.2) is 13.1 Å². The largest absolute Gasteiger partial charge is 0.356 e. The monoisotopic (exact) mass is 355 g/mol. The van der Waals surface area contributed by atoms with Crippen molar-refractivity contribution < 1.29 is 13.2 Å². The molecule has 0 spiro atoms. The molecular formula is C12H22ClN3O3S2. The van der Waals surface area contributed by atoms with Crippen molar-refractivity contribution in [3.63, 3.8) is 0 Å². The van der Waals surface area contributed by atoms with Gasteiger partial charge in [-0.3, -0.25) is 4.79 Å². The summed E-state index contributed by atoms with van der Waals surface area (Å²) in [4.78, 5) is 11.7. The zero-order chi connectivity index (χ0) is 15.4. The maximum atomic E-state index is 12.0. The van der Waals surface area contributed by atoms with Crippen LogP contribution >= 0.6 is 23.7 Å². The molecule has 0 aliphatic rings. The molecule has 1 aromatic heterocycles. The number of nitrogens with one attached hydrogen (secondary N) is 2. The molecule has 21 heavy (non-hydrogen) atoms. The SMILES string of the molecule is CC(=O)NCCc1ccc(S(=O)(=O)NCC(C)(C)N)s1.Cl. The first-order valence-corrected chi connectivity index (χ1v) is 8.52. The van der Waals surface area contributed by atoms with Crippen molar-refractivity contribution in [1.29, 1.82) is 0 Å². The highest BCUT2D eigenvalue weighted by atomic mass is 35.5. The van der Waals surface area contributed by atoms with Gasteiger partial charge in [0.05, 0.1) is 0 Å². The number of carbonyl (C=O) groups excluding carboxylic acids is 1. The summed E-state index contributed by atoms with van der Waals surface area (Å²) in [6.07, 6.45) is 0.613. The second-order valence-corrected chi connectivity index (χ2v) is 8.43. The Balaban J connectivity index is 0.00000400. The molecule has 0 atom stereocenters. The summed E-state index contributed by atoms with van der Waals surface area (Å²) < 4.78 is 26.9. The van der Waals surface area contributed by atoms with Crippen LogP contribution in [0.2, 0.25) is 0 Å². The molecule has 1 rings (SSSR count). The van der Waals surface area contributed by atoms with E-state index in [-0.39, 0.29) is 29.1 Å². The van der Waals surface area contributed by atoms with Crippen LogP contribution in [0.3, 0.4) is 0 Å². The van der Waals surface area contributed by atoms with Crippen molar-refractivity contribution in [3.05, 3.63) is 17.0 Å². The Morgan fingerprint density at radius 2 is 2.00 bits per heavy atom. The minimum Gasteiger partial charge on any atom is -0.356 e. The Morgan fingerprint density at radius 3 is 2.52 bits per heavy atom. The van der Waals surface area contributed by atoms with Gasteiger partial charge in [-0.15, -0.1) is 23.7 Å². The fourth-order valence-corrected chi connectivity index (χ4v) is 3.97. The first kappa shape index (κ1) is 20.3. The van der Waals surface area contributed by atoms with Crippen LogP contribution in [-0.4, -0.2) is 33.0 Å². The average Bonchev–Trinajstić information content (AvgIpc) is 2.75. The summed E-state index contributed by atoms with van der Waals surface area (Å²) in [5.74, 6) is -0.0961. The van der Waals surface area contributed by atoms with E-state index in [1.54, 1.807) is 26.0 Å². The quantitative estimate of drug-likeness (QED) is 0.675. The summed E-state index contributed by atoms with van der Waals surface area (Å²) in [5.41, 5.74) is 5.16. The molecule has 1 heterocycles.